The second-order valence-electron chi connectivity index (χ2n) is 9.91. The lowest BCUT2D eigenvalue weighted by molar-refractivity contribution is -0.129. The monoisotopic (exact) mass is 300 g/mol. The maximum absolute atomic E-state index is 4.18. The fourth-order valence-corrected chi connectivity index (χ4v) is 8.24. The van der Waals surface area contributed by atoms with Gasteiger partial charge in [-0.15, -0.1) is 6.58 Å². The van der Waals surface area contributed by atoms with Crippen molar-refractivity contribution in [1.82, 2.24) is 0 Å². The summed E-state index contributed by atoms with van der Waals surface area (Å²) in [6.45, 7) is 12.1. The Hall–Kier alpha value is -0.260. The molecular formula is C22H36. The zero-order valence-corrected chi connectivity index (χ0v) is 15.1. The van der Waals surface area contributed by atoms with Gasteiger partial charge in [0.1, 0.15) is 0 Å². The van der Waals surface area contributed by atoms with Gasteiger partial charge in [-0.2, -0.15) is 0 Å². The van der Waals surface area contributed by atoms with Crippen molar-refractivity contribution in [3.05, 3.63) is 12.7 Å². The molecule has 22 heavy (non-hydrogen) atoms. The van der Waals surface area contributed by atoms with Gasteiger partial charge in [-0.05, 0) is 91.3 Å². The first-order valence-corrected chi connectivity index (χ1v) is 10.1. The summed E-state index contributed by atoms with van der Waals surface area (Å²) < 4.78 is 0. The maximum Gasteiger partial charge on any atom is -0.0179 e. The Balaban J connectivity index is 1.67. The smallest absolute Gasteiger partial charge is 0.0179 e. The Morgan fingerprint density at radius 1 is 0.864 bits per heavy atom. The Kier molecular flexibility index (Phi) is 3.55. The molecule has 4 fully saturated rings. The summed E-state index contributed by atoms with van der Waals surface area (Å²) in [6, 6.07) is 0. The van der Waals surface area contributed by atoms with E-state index in [4.69, 9.17) is 0 Å². The summed E-state index contributed by atoms with van der Waals surface area (Å²) in [7, 11) is 0. The van der Waals surface area contributed by atoms with Crippen molar-refractivity contribution in [2.24, 2.45) is 46.3 Å². The van der Waals surface area contributed by atoms with Crippen molar-refractivity contribution in [1.29, 1.82) is 0 Å². The van der Waals surface area contributed by atoms with Crippen LogP contribution in [0.3, 0.4) is 0 Å². The van der Waals surface area contributed by atoms with E-state index in [-0.39, 0.29) is 0 Å². The molecule has 4 aliphatic carbocycles. The molecule has 0 aromatic carbocycles. The second kappa shape index (κ2) is 5.12. The van der Waals surface area contributed by atoms with Gasteiger partial charge in [0.15, 0.2) is 0 Å². The summed E-state index contributed by atoms with van der Waals surface area (Å²) in [5.74, 6) is 5.86. The highest BCUT2D eigenvalue weighted by Crippen LogP contribution is 2.68. The van der Waals surface area contributed by atoms with Gasteiger partial charge in [-0.3, -0.25) is 0 Å². The molecule has 4 saturated carbocycles. The van der Waals surface area contributed by atoms with Crippen molar-refractivity contribution < 1.29 is 0 Å². The molecular weight excluding hydrogens is 264 g/mol. The minimum absolute atomic E-state index is 0.584. The van der Waals surface area contributed by atoms with Crippen LogP contribution in [0.5, 0.6) is 0 Å². The first-order valence-electron chi connectivity index (χ1n) is 10.1. The molecule has 0 nitrogen and oxygen atoms in total. The summed E-state index contributed by atoms with van der Waals surface area (Å²) in [5.41, 5.74) is 1.26. The first-order chi connectivity index (χ1) is 10.5. The van der Waals surface area contributed by atoms with E-state index in [1.165, 1.54) is 57.8 Å². The summed E-state index contributed by atoms with van der Waals surface area (Å²) in [6.07, 6.45) is 15.8. The van der Waals surface area contributed by atoms with Crippen molar-refractivity contribution in [2.75, 3.05) is 0 Å². The molecule has 0 radical (unpaired) electrons. The van der Waals surface area contributed by atoms with Gasteiger partial charge in [0.2, 0.25) is 0 Å². The zero-order valence-electron chi connectivity index (χ0n) is 15.1. The molecule has 8 atom stereocenters. The number of fused-ring (bicyclic) bond motifs is 5. The van der Waals surface area contributed by atoms with Crippen LogP contribution in [0.1, 0.15) is 78.6 Å². The van der Waals surface area contributed by atoms with Gasteiger partial charge in [-0.25, -0.2) is 0 Å². The van der Waals surface area contributed by atoms with Crippen LogP contribution in [-0.2, 0) is 0 Å². The van der Waals surface area contributed by atoms with E-state index in [0.717, 1.165) is 35.5 Å². The van der Waals surface area contributed by atoms with Crippen LogP contribution in [0.25, 0.3) is 0 Å². The average Bonchev–Trinajstić information content (AvgIpc) is 2.84. The number of allylic oxidation sites excluding steroid dienone is 1. The Morgan fingerprint density at radius 3 is 2.41 bits per heavy atom. The predicted molar refractivity (Wildman–Crippen MR) is 94.6 cm³/mol. The minimum atomic E-state index is 0.584. The quantitative estimate of drug-likeness (QED) is 0.487. The SMILES string of the molecule is C=C[C@H]1CC[C@H]2[C@@H]3CC(C)C4CCCC[C@]4(C)[C@H]3CC[C@]12C. The Bertz CT molecular complexity index is 451. The topological polar surface area (TPSA) is 0 Å². The lowest BCUT2D eigenvalue weighted by Gasteiger charge is -2.62. The van der Waals surface area contributed by atoms with Crippen LogP contribution in [0.2, 0.25) is 0 Å². The highest BCUT2D eigenvalue weighted by atomic mass is 14.6. The van der Waals surface area contributed by atoms with Crippen molar-refractivity contribution in [2.45, 2.75) is 78.6 Å². The van der Waals surface area contributed by atoms with Crippen molar-refractivity contribution >= 4 is 0 Å². The average molecular weight is 301 g/mol. The third kappa shape index (κ3) is 1.88. The van der Waals surface area contributed by atoms with E-state index in [0.29, 0.717) is 10.8 Å². The molecule has 0 bridgehead atoms. The van der Waals surface area contributed by atoms with Crippen LogP contribution in [0.4, 0.5) is 0 Å². The Labute approximate surface area is 138 Å². The largest absolute Gasteiger partial charge is 0.103 e. The van der Waals surface area contributed by atoms with Gasteiger partial charge in [0.05, 0.1) is 0 Å². The second-order valence-corrected chi connectivity index (χ2v) is 9.91. The van der Waals surface area contributed by atoms with Gasteiger partial charge in [-0.1, -0.05) is 39.7 Å². The lowest BCUT2D eigenvalue weighted by atomic mass is 9.43. The molecule has 124 valence electrons. The van der Waals surface area contributed by atoms with E-state index in [1.807, 2.05) is 0 Å². The highest BCUT2D eigenvalue weighted by Gasteiger charge is 2.60. The molecule has 0 aliphatic heterocycles. The van der Waals surface area contributed by atoms with Crippen LogP contribution < -0.4 is 0 Å². The minimum Gasteiger partial charge on any atom is -0.103 e. The number of hydrogen-bond donors (Lipinski definition) is 0. The molecule has 4 rings (SSSR count). The fourth-order valence-electron chi connectivity index (χ4n) is 8.24. The third-order valence-corrected chi connectivity index (χ3v) is 9.30. The highest BCUT2D eigenvalue weighted by molar-refractivity contribution is 5.11. The van der Waals surface area contributed by atoms with Crippen LogP contribution in [0.15, 0.2) is 12.7 Å². The van der Waals surface area contributed by atoms with E-state index in [1.54, 1.807) is 0 Å². The first kappa shape index (κ1) is 15.3. The van der Waals surface area contributed by atoms with Gasteiger partial charge in [0, 0.05) is 0 Å². The fraction of sp³-hybridized carbons (Fsp3) is 0.909. The summed E-state index contributed by atoms with van der Waals surface area (Å²) >= 11 is 0. The van der Waals surface area contributed by atoms with Crippen LogP contribution in [-0.4, -0.2) is 0 Å². The number of rotatable bonds is 1. The van der Waals surface area contributed by atoms with E-state index >= 15 is 0 Å². The normalized spacial score (nSPS) is 57.6. The molecule has 0 aromatic rings. The van der Waals surface area contributed by atoms with Gasteiger partial charge < -0.3 is 0 Å². The van der Waals surface area contributed by atoms with Crippen molar-refractivity contribution in [3.63, 3.8) is 0 Å². The molecule has 0 aromatic heterocycles. The third-order valence-electron chi connectivity index (χ3n) is 9.30. The molecule has 2 unspecified atom stereocenters. The maximum atomic E-state index is 4.18. The van der Waals surface area contributed by atoms with Gasteiger partial charge >= 0.3 is 0 Å². The lowest BCUT2D eigenvalue weighted by Crippen LogP contribution is -2.54. The predicted octanol–water partition coefficient (Wildman–Crippen LogP) is 6.47. The standard InChI is InChI=1S/C22H36/c1-5-16-9-10-19-17-14-15(2)18-8-6-7-12-22(18,4)20(17)11-13-21(16,19)3/h5,15-20H,1,6-14H2,2-4H3/t15?,16-,17-,18?,19-,20-,21+,22-/m0/s1. The molecule has 0 saturated heterocycles. The molecule has 0 amide bonds. The zero-order chi connectivity index (χ0) is 15.5. The van der Waals surface area contributed by atoms with E-state index < -0.39 is 0 Å². The molecule has 0 N–H and O–H groups in total. The molecule has 0 heterocycles. The van der Waals surface area contributed by atoms with E-state index in [2.05, 4.69) is 33.4 Å². The van der Waals surface area contributed by atoms with Crippen LogP contribution >= 0.6 is 0 Å². The summed E-state index contributed by atoms with van der Waals surface area (Å²) in [5, 5.41) is 0. The van der Waals surface area contributed by atoms with E-state index in [9.17, 15) is 0 Å². The molecule has 4 aliphatic rings. The van der Waals surface area contributed by atoms with Crippen LogP contribution in [0, 0.1) is 46.3 Å². The Morgan fingerprint density at radius 2 is 1.64 bits per heavy atom. The molecule has 0 spiro atoms. The number of hydrogen-bond acceptors (Lipinski definition) is 0. The molecule has 0 heteroatoms. The summed E-state index contributed by atoms with van der Waals surface area (Å²) in [4.78, 5) is 0. The van der Waals surface area contributed by atoms with Gasteiger partial charge in [0.25, 0.3) is 0 Å². The van der Waals surface area contributed by atoms with Crippen molar-refractivity contribution in [3.8, 4) is 0 Å².